The second kappa shape index (κ2) is 7.43. The number of unbranched alkanes of at least 4 members (excludes halogenated alkanes) is 1. The summed E-state index contributed by atoms with van der Waals surface area (Å²) in [5.41, 5.74) is 6.83. The summed E-state index contributed by atoms with van der Waals surface area (Å²) in [5, 5.41) is 0. The van der Waals surface area contributed by atoms with Gasteiger partial charge in [-0.2, -0.15) is 0 Å². The Balaban J connectivity index is 1.71. The number of ether oxygens (including phenoxy) is 1. The fourth-order valence-corrected chi connectivity index (χ4v) is 1.98. The Kier molecular flexibility index (Phi) is 5.32. The van der Waals surface area contributed by atoms with Gasteiger partial charge < -0.3 is 10.5 Å². The van der Waals surface area contributed by atoms with Crippen molar-refractivity contribution in [1.82, 2.24) is 0 Å². The van der Waals surface area contributed by atoms with Crippen molar-refractivity contribution in [2.45, 2.75) is 19.3 Å². The predicted octanol–water partition coefficient (Wildman–Crippen LogP) is 3.59. The van der Waals surface area contributed by atoms with E-state index < -0.39 is 11.8 Å². The molecular formula is C17H18FNO2. The van der Waals surface area contributed by atoms with E-state index in [1.807, 2.05) is 18.2 Å². The molecule has 0 bridgehead atoms. The van der Waals surface area contributed by atoms with Gasteiger partial charge in [0.1, 0.15) is 5.82 Å². The maximum absolute atomic E-state index is 13.2. The second-order valence-electron chi connectivity index (χ2n) is 4.81. The molecule has 2 rings (SSSR count). The van der Waals surface area contributed by atoms with Gasteiger partial charge in [0.05, 0.1) is 17.9 Å². The van der Waals surface area contributed by atoms with Crippen LogP contribution in [0.25, 0.3) is 0 Å². The molecule has 0 aliphatic heterocycles. The SMILES string of the molecule is Nc1ccc(C(=O)OCCCCc2ccccc2)cc1F. The molecule has 2 N–H and O–H groups in total. The Morgan fingerprint density at radius 1 is 1.10 bits per heavy atom. The summed E-state index contributed by atoms with van der Waals surface area (Å²) in [6, 6.07) is 14.1. The minimum absolute atomic E-state index is 0.0226. The van der Waals surface area contributed by atoms with Crippen LogP contribution in [0.3, 0.4) is 0 Å². The summed E-state index contributed by atoms with van der Waals surface area (Å²) in [6.45, 7) is 0.331. The van der Waals surface area contributed by atoms with Gasteiger partial charge in [-0.05, 0) is 43.0 Å². The van der Waals surface area contributed by atoms with E-state index in [0.717, 1.165) is 25.3 Å². The average Bonchev–Trinajstić information content (AvgIpc) is 2.50. The zero-order valence-corrected chi connectivity index (χ0v) is 11.7. The molecule has 3 nitrogen and oxygen atoms in total. The predicted molar refractivity (Wildman–Crippen MR) is 80.5 cm³/mol. The van der Waals surface area contributed by atoms with Crippen LogP contribution in [-0.2, 0) is 11.2 Å². The molecule has 0 aliphatic carbocycles. The number of benzene rings is 2. The highest BCUT2D eigenvalue weighted by Gasteiger charge is 2.09. The Bertz CT molecular complexity index is 599. The third kappa shape index (κ3) is 4.60. The smallest absolute Gasteiger partial charge is 0.338 e. The number of rotatable bonds is 6. The molecule has 0 aromatic heterocycles. The summed E-state index contributed by atoms with van der Waals surface area (Å²) in [4.78, 5) is 11.7. The van der Waals surface area contributed by atoms with Crippen molar-refractivity contribution in [2.24, 2.45) is 0 Å². The van der Waals surface area contributed by atoms with Gasteiger partial charge in [0.15, 0.2) is 0 Å². The normalized spacial score (nSPS) is 10.3. The topological polar surface area (TPSA) is 52.3 Å². The molecule has 2 aromatic carbocycles. The lowest BCUT2D eigenvalue weighted by atomic mass is 10.1. The average molecular weight is 287 g/mol. The van der Waals surface area contributed by atoms with Crippen LogP contribution in [-0.4, -0.2) is 12.6 Å². The molecule has 0 amide bonds. The maximum Gasteiger partial charge on any atom is 0.338 e. The van der Waals surface area contributed by atoms with E-state index in [-0.39, 0.29) is 11.3 Å². The quantitative estimate of drug-likeness (QED) is 0.502. The zero-order valence-electron chi connectivity index (χ0n) is 11.7. The Hall–Kier alpha value is -2.36. The van der Waals surface area contributed by atoms with E-state index in [1.54, 1.807) is 0 Å². The van der Waals surface area contributed by atoms with Crippen molar-refractivity contribution < 1.29 is 13.9 Å². The van der Waals surface area contributed by atoms with Crippen molar-refractivity contribution in [3.05, 3.63) is 65.5 Å². The highest BCUT2D eigenvalue weighted by atomic mass is 19.1. The van der Waals surface area contributed by atoms with Crippen LogP contribution in [0.5, 0.6) is 0 Å². The van der Waals surface area contributed by atoms with Crippen LogP contribution >= 0.6 is 0 Å². The van der Waals surface area contributed by atoms with Gasteiger partial charge in [-0.1, -0.05) is 30.3 Å². The first-order valence-corrected chi connectivity index (χ1v) is 6.93. The van der Waals surface area contributed by atoms with E-state index in [1.165, 1.54) is 17.7 Å². The van der Waals surface area contributed by atoms with E-state index in [0.29, 0.717) is 6.61 Å². The van der Waals surface area contributed by atoms with Gasteiger partial charge in [-0.15, -0.1) is 0 Å². The Morgan fingerprint density at radius 2 is 1.86 bits per heavy atom. The maximum atomic E-state index is 13.2. The van der Waals surface area contributed by atoms with Gasteiger partial charge in [0, 0.05) is 0 Å². The van der Waals surface area contributed by atoms with Crippen LogP contribution in [0.1, 0.15) is 28.8 Å². The third-order valence-corrected chi connectivity index (χ3v) is 3.17. The lowest BCUT2D eigenvalue weighted by Crippen LogP contribution is -2.07. The minimum Gasteiger partial charge on any atom is -0.462 e. The molecule has 0 aliphatic rings. The third-order valence-electron chi connectivity index (χ3n) is 3.17. The molecule has 2 aromatic rings. The summed E-state index contributed by atoms with van der Waals surface area (Å²) in [7, 11) is 0. The van der Waals surface area contributed by atoms with E-state index >= 15 is 0 Å². The fourth-order valence-electron chi connectivity index (χ4n) is 1.98. The highest BCUT2D eigenvalue weighted by molar-refractivity contribution is 5.89. The molecule has 0 unspecified atom stereocenters. The summed E-state index contributed by atoms with van der Waals surface area (Å²) < 4.78 is 18.4. The number of hydrogen-bond donors (Lipinski definition) is 1. The number of nitrogens with two attached hydrogens (primary N) is 1. The molecule has 0 radical (unpaired) electrons. The zero-order chi connectivity index (χ0) is 15.1. The van der Waals surface area contributed by atoms with Crippen molar-refractivity contribution in [3.63, 3.8) is 0 Å². The number of anilines is 1. The molecular weight excluding hydrogens is 269 g/mol. The summed E-state index contributed by atoms with van der Waals surface area (Å²) in [5.74, 6) is -1.12. The van der Waals surface area contributed by atoms with Crippen LogP contribution in [0.15, 0.2) is 48.5 Å². The van der Waals surface area contributed by atoms with Gasteiger partial charge in [-0.25, -0.2) is 9.18 Å². The lowest BCUT2D eigenvalue weighted by Gasteiger charge is -2.06. The number of carbonyl (C=O) groups is 1. The Morgan fingerprint density at radius 3 is 2.57 bits per heavy atom. The molecule has 4 heteroatoms. The standard InChI is InChI=1S/C17H18FNO2/c18-15-12-14(9-10-16(15)19)17(20)21-11-5-4-8-13-6-2-1-3-7-13/h1-3,6-7,9-10,12H,4-5,8,11,19H2. The molecule has 0 spiro atoms. The van der Waals surface area contributed by atoms with Gasteiger partial charge in [0.25, 0.3) is 0 Å². The number of esters is 1. The first-order chi connectivity index (χ1) is 10.2. The van der Waals surface area contributed by atoms with Gasteiger partial charge in [0.2, 0.25) is 0 Å². The molecule has 0 atom stereocenters. The van der Waals surface area contributed by atoms with E-state index in [4.69, 9.17) is 10.5 Å². The van der Waals surface area contributed by atoms with E-state index in [9.17, 15) is 9.18 Å². The second-order valence-corrected chi connectivity index (χ2v) is 4.81. The number of halogens is 1. The monoisotopic (exact) mass is 287 g/mol. The van der Waals surface area contributed by atoms with E-state index in [2.05, 4.69) is 12.1 Å². The van der Waals surface area contributed by atoms with Crippen molar-refractivity contribution >= 4 is 11.7 Å². The minimum atomic E-state index is -0.603. The van der Waals surface area contributed by atoms with Crippen LogP contribution in [0.2, 0.25) is 0 Å². The number of carbonyl (C=O) groups excluding carboxylic acids is 1. The van der Waals surface area contributed by atoms with Crippen LogP contribution < -0.4 is 5.73 Å². The molecule has 110 valence electrons. The number of aryl methyl sites for hydroxylation is 1. The van der Waals surface area contributed by atoms with Crippen molar-refractivity contribution in [2.75, 3.05) is 12.3 Å². The van der Waals surface area contributed by atoms with Gasteiger partial charge in [-0.3, -0.25) is 0 Å². The highest BCUT2D eigenvalue weighted by Crippen LogP contribution is 2.13. The largest absolute Gasteiger partial charge is 0.462 e. The molecule has 0 fully saturated rings. The molecule has 21 heavy (non-hydrogen) atoms. The molecule has 0 heterocycles. The summed E-state index contributed by atoms with van der Waals surface area (Å²) >= 11 is 0. The molecule has 0 saturated carbocycles. The first kappa shape index (κ1) is 15.0. The van der Waals surface area contributed by atoms with Crippen molar-refractivity contribution in [1.29, 1.82) is 0 Å². The molecule has 0 saturated heterocycles. The fraction of sp³-hybridized carbons (Fsp3) is 0.235. The summed E-state index contributed by atoms with van der Waals surface area (Å²) in [6.07, 6.45) is 2.67. The van der Waals surface area contributed by atoms with Crippen LogP contribution in [0.4, 0.5) is 10.1 Å². The lowest BCUT2D eigenvalue weighted by molar-refractivity contribution is 0.0498. The van der Waals surface area contributed by atoms with Gasteiger partial charge >= 0.3 is 5.97 Å². The Labute approximate surface area is 123 Å². The van der Waals surface area contributed by atoms with Crippen LogP contribution in [0, 0.1) is 5.82 Å². The van der Waals surface area contributed by atoms with Crippen molar-refractivity contribution in [3.8, 4) is 0 Å². The first-order valence-electron chi connectivity index (χ1n) is 6.93. The number of hydrogen-bond acceptors (Lipinski definition) is 3. The number of nitrogen functional groups attached to an aromatic ring is 1.